The van der Waals surface area contributed by atoms with E-state index in [2.05, 4.69) is 15.5 Å². The Morgan fingerprint density at radius 3 is 2.69 bits per heavy atom. The highest BCUT2D eigenvalue weighted by molar-refractivity contribution is 7.14. The van der Waals surface area contributed by atoms with Crippen LogP contribution < -0.4 is 15.5 Å². The van der Waals surface area contributed by atoms with Gasteiger partial charge in [-0.05, 0) is 31.9 Å². The van der Waals surface area contributed by atoms with Crippen LogP contribution in [0.15, 0.2) is 77.3 Å². The van der Waals surface area contributed by atoms with Crippen molar-refractivity contribution in [3.63, 3.8) is 0 Å². The Hall–Kier alpha value is -3.78. The van der Waals surface area contributed by atoms with E-state index in [4.69, 9.17) is 4.74 Å². The minimum Gasteiger partial charge on any atom is -0.483 e. The molecule has 7 nitrogen and oxygen atoms in total. The molecule has 35 heavy (non-hydrogen) atoms. The summed E-state index contributed by atoms with van der Waals surface area (Å²) in [6.45, 7) is 6.99. The van der Waals surface area contributed by atoms with Gasteiger partial charge in [0.05, 0.1) is 11.3 Å². The van der Waals surface area contributed by atoms with Gasteiger partial charge in [0, 0.05) is 25.7 Å². The number of benzene rings is 1. The number of carbonyl (C=O) groups is 1. The lowest BCUT2D eigenvalue weighted by Gasteiger charge is -2.16. The second-order valence-corrected chi connectivity index (χ2v) is 8.81. The van der Waals surface area contributed by atoms with Crippen molar-refractivity contribution in [2.75, 3.05) is 6.54 Å². The number of allylic oxidation sites excluding steroid dienone is 6. The predicted octanol–water partition coefficient (Wildman–Crippen LogP) is 4.62. The van der Waals surface area contributed by atoms with Gasteiger partial charge in [0.2, 0.25) is 11.8 Å². The zero-order valence-electron chi connectivity index (χ0n) is 20.2. The summed E-state index contributed by atoms with van der Waals surface area (Å²) in [6, 6.07) is 9.70. The summed E-state index contributed by atoms with van der Waals surface area (Å²) >= 11 is 1.39. The first-order valence-corrected chi connectivity index (χ1v) is 12.2. The Bertz CT molecular complexity index is 1270. The van der Waals surface area contributed by atoms with Gasteiger partial charge < -0.3 is 14.6 Å². The molecular weight excluding hydrogens is 460 g/mol. The predicted molar refractivity (Wildman–Crippen MR) is 141 cm³/mol. The summed E-state index contributed by atoms with van der Waals surface area (Å²) in [7, 11) is 0. The largest absolute Gasteiger partial charge is 0.483 e. The Kier molecular flexibility index (Phi) is 9.74. The van der Waals surface area contributed by atoms with Gasteiger partial charge in [-0.3, -0.25) is 9.59 Å². The molecule has 1 aromatic carbocycles. The van der Waals surface area contributed by atoms with Crippen molar-refractivity contribution in [3.05, 3.63) is 99.0 Å². The molecule has 0 bridgehead atoms. The van der Waals surface area contributed by atoms with E-state index < -0.39 is 0 Å². The van der Waals surface area contributed by atoms with Gasteiger partial charge in [-0.25, -0.2) is 0 Å². The molecule has 0 unspecified atom stereocenters. The van der Waals surface area contributed by atoms with Crippen molar-refractivity contribution in [1.82, 2.24) is 20.1 Å². The zero-order valence-corrected chi connectivity index (χ0v) is 21.0. The van der Waals surface area contributed by atoms with Crippen LogP contribution in [0.2, 0.25) is 0 Å². The van der Waals surface area contributed by atoms with E-state index in [0.29, 0.717) is 42.2 Å². The highest BCUT2D eigenvalue weighted by Gasteiger charge is 2.19. The van der Waals surface area contributed by atoms with Crippen LogP contribution in [0.1, 0.15) is 30.1 Å². The summed E-state index contributed by atoms with van der Waals surface area (Å²) in [6.07, 6.45) is 13.1. The van der Waals surface area contributed by atoms with Crippen molar-refractivity contribution in [2.24, 2.45) is 0 Å². The highest BCUT2D eigenvalue weighted by atomic mass is 32.1. The summed E-state index contributed by atoms with van der Waals surface area (Å²) in [4.78, 5) is 24.2. The van der Waals surface area contributed by atoms with E-state index >= 15 is 0 Å². The third-order valence-electron chi connectivity index (χ3n) is 5.34. The van der Waals surface area contributed by atoms with Crippen molar-refractivity contribution >= 4 is 17.7 Å². The number of carbonyl (C=O) groups excluding carboxylic acids is 1. The fraction of sp³-hybridized carbons (Fsp3) is 0.259. The average molecular weight is 491 g/mol. The summed E-state index contributed by atoms with van der Waals surface area (Å²) in [5, 5.41) is 12.7. The molecule has 0 radical (unpaired) electrons. The maximum absolute atomic E-state index is 13.5. The average Bonchev–Trinajstić information content (AvgIpc) is 3.33. The van der Waals surface area contributed by atoms with Crippen LogP contribution in [0.5, 0.6) is 5.75 Å². The fourth-order valence-electron chi connectivity index (χ4n) is 3.41. The third kappa shape index (κ3) is 7.10. The molecule has 182 valence electrons. The maximum atomic E-state index is 13.5. The van der Waals surface area contributed by atoms with Crippen molar-refractivity contribution in [1.29, 1.82) is 0 Å². The molecule has 0 aliphatic rings. The standard InChI is InChI=1S/C27H30N4O3S/c1-4-6-8-11-21(5-2)16-24-29-30-27(35-24)23-17-31(15-14-28-19-32)20(3)26(25(23)33)34-18-22-12-9-7-10-13-22/h4-13,17,19H,14-16,18H2,1-3H3,(H,28,32)/b6-4-,11-8-,21-5+. The molecule has 0 saturated heterocycles. The molecule has 0 saturated carbocycles. The van der Waals surface area contributed by atoms with Gasteiger partial charge in [0.15, 0.2) is 10.8 Å². The van der Waals surface area contributed by atoms with E-state index in [-0.39, 0.29) is 17.8 Å². The molecule has 0 atom stereocenters. The van der Waals surface area contributed by atoms with Gasteiger partial charge in [-0.15, -0.1) is 10.2 Å². The van der Waals surface area contributed by atoms with Crippen molar-refractivity contribution in [2.45, 2.75) is 40.3 Å². The number of hydrogen-bond acceptors (Lipinski definition) is 6. The van der Waals surface area contributed by atoms with Gasteiger partial charge in [-0.2, -0.15) is 0 Å². The van der Waals surface area contributed by atoms with Crippen molar-refractivity contribution < 1.29 is 9.53 Å². The number of nitrogens with one attached hydrogen (secondary N) is 1. The molecule has 8 heteroatoms. The normalized spacial score (nSPS) is 11.9. The Morgan fingerprint density at radius 2 is 1.97 bits per heavy atom. The topological polar surface area (TPSA) is 86.1 Å². The van der Waals surface area contributed by atoms with Gasteiger partial charge >= 0.3 is 0 Å². The first kappa shape index (κ1) is 25.8. The molecule has 0 spiro atoms. The second kappa shape index (κ2) is 13.2. The lowest BCUT2D eigenvalue weighted by atomic mass is 10.1. The second-order valence-electron chi connectivity index (χ2n) is 7.75. The van der Waals surface area contributed by atoms with E-state index in [9.17, 15) is 9.59 Å². The first-order chi connectivity index (χ1) is 17.1. The molecular formula is C27H30N4O3S. The lowest BCUT2D eigenvalue weighted by Crippen LogP contribution is -2.23. The quantitative estimate of drug-likeness (QED) is 0.227. The van der Waals surface area contributed by atoms with Crippen LogP contribution in [-0.4, -0.2) is 27.7 Å². The van der Waals surface area contributed by atoms with Crippen LogP contribution in [0, 0.1) is 6.92 Å². The van der Waals surface area contributed by atoms with E-state index in [0.717, 1.165) is 16.1 Å². The molecule has 3 aromatic rings. The number of aromatic nitrogens is 3. The van der Waals surface area contributed by atoms with Crippen molar-refractivity contribution in [3.8, 4) is 16.3 Å². The number of amides is 1. The van der Waals surface area contributed by atoms with Crippen LogP contribution in [-0.2, 0) is 24.4 Å². The third-order valence-corrected chi connectivity index (χ3v) is 6.30. The summed E-state index contributed by atoms with van der Waals surface area (Å²) in [5.41, 5.74) is 2.98. The molecule has 0 fully saturated rings. The van der Waals surface area contributed by atoms with E-state index in [1.165, 1.54) is 11.3 Å². The SMILES string of the molecule is C\C=C/C=C\C(=C/C)Cc1nnc(-c2cn(CCNC=O)c(C)c(OCc3ccccc3)c2=O)s1. The number of ether oxygens (including phenoxy) is 1. The summed E-state index contributed by atoms with van der Waals surface area (Å²) < 4.78 is 7.92. The number of pyridine rings is 1. The lowest BCUT2D eigenvalue weighted by molar-refractivity contribution is -0.109. The molecule has 0 aliphatic carbocycles. The van der Waals surface area contributed by atoms with Crippen LogP contribution in [0.4, 0.5) is 0 Å². The molecule has 3 rings (SSSR count). The number of hydrogen-bond donors (Lipinski definition) is 1. The Morgan fingerprint density at radius 1 is 1.17 bits per heavy atom. The molecule has 1 amide bonds. The van der Waals surface area contributed by atoms with Gasteiger partial charge in [0.25, 0.3) is 0 Å². The maximum Gasteiger partial charge on any atom is 0.233 e. The highest BCUT2D eigenvalue weighted by Crippen LogP contribution is 2.26. The molecule has 2 aromatic heterocycles. The Labute approximate surface area is 209 Å². The van der Waals surface area contributed by atoms with Gasteiger partial charge in [0.1, 0.15) is 11.6 Å². The summed E-state index contributed by atoms with van der Waals surface area (Å²) in [5.74, 6) is 0.276. The Balaban J connectivity index is 1.93. The first-order valence-electron chi connectivity index (χ1n) is 11.4. The van der Waals surface area contributed by atoms with Gasteiger partial charge in [-0.1, -0.05) is 72.0 Å². The van der Waals surface area contributed by atoms with Crippen LogP contribution in [0.3, 0.4) is 0 Å². The molecule has 1 N–H and O–H groups in total. The van der Waals surface area contributed by atoms with Crippen LogP contribution >= 0.6 is 11.3 Å². The van der Waals surface area contributed by atoms with Crippen LogP contribution in [0.25, 0.3) is 10.6 Å². The minimum absolute atomic E-state index is 0.222. The molecule has 0 aliphatic heterocycles. The van der Waals surface area contributed by atoms with E-state index in [1.54, 1.807) is 6.20 Å². The monoisotopic (exact) mass is 490 g/mol. The molecule has 2 heterocycles. The zero-order chi connectivity index (χ0) is 25.0. The fourth-order valence-corrected chi connectivity index (χ4v) is 4.29. The minimum atomic E-state index is -0.222. The number of rotatable bonds is 12. The number of nitrogens with zero attached hydrogens (tertiary/aromatic N) is 3. The van der Waals surface area contributed by atoms with E-state index in [1.807, 2.05) is 86.1 Å². The smallest absolute Gasteiger partial charge is 0.233 e.